The highest BCUT2D eigenvalue weighted by atomic mass is 35.5. The van der Waals surface area contributed by atoms with E-state index >= 15 is 0 Å². The van der Waals surface area contributed by atoms with E-state index in [0.717, 1.165) is 5.56 Å². The van der Waals surface area contributed by atoms with Gasteiger partial charge in [0.25, 0.3) is 0 Å². The fourth-order valence-electron chi connectivity index (χ4n) is 1.57. The maximum atomic E-state index is 10.9. The molecule has 0 aromatic heterocycles. The number of benzene rings is 1. The van der Waals surface area contributed by atoms with Gasteiger partial charge >= 0.3 is 5.97 Å². The second-order valence-corrected chi connectivity index (χ2v) is 5.92. The number of halogens is 2. The summed E-state index contributed by atoms with van der Waals surface area (Å²) in [6, 6.07) is 5.38. The number of hydrogen-bond acceptors (Lipinski definition) is 2. The molecule has 0 aliphatic heterocycles. The van der Waals surface area contributed by atoms with E-state index in [1.165, 1.54) is 0 Å². The highest BCUT2D eigenvalue weighted by Crippen LogP contribution is 2.28. The van der Waals surface area contributed by atoms with Crippen molar-refractivity contribution < 1.29 is 9.90 Å². The molecule has 100 valence electrons. The summed E-state index contributed by atoms with van der Waals surface area (Å²) in [4.78, 5) is 12.7. The van der Waals surface area contributed by atoms with Crippen molar-refractivity contribution in [2.75, 3.05) is 6.54 Å². The van der Waals surface area contributed by atoms with Gasteiger partial charge in [-0.2, -0.15) is 0 Å². The molecule has 1 N–H and O–H groups in total. The molecule has 1 aromatic rings. The van der Waals surface area contributed by atoms with E-state index in [4.69, 9.17) is 28.3 Å². The minimum atomic E-state index is -0.858. The molecule has 0 bridgehead atoms. The number of carbonyl (C=O) groups is 1. The van der Waals surface area contributed by atoms with E-state index in [0.29, 0.717) is 16.6 Å². The van der Waals surface area contributed by atoms with Crippen LogP contribution in [0, 0.1) is 0 Å². The van der Waals surface area contributed by atoms with E-state index in [9.17, 15) is 4.79 Å². The Morgan fingerprint density at radius 1 is 1.33 bits per heavy atom. The number of carboxylic acid groups (broad SMARTS) is 1. The zero-order chi connectivity index (χ0) is 13.9. The van der Waals surface area contributed by atoms with Crippen LogP contribution in [0.1, 0.15) is 26.3 Å². The van der Waals surface area contributed by atoms with Gasteiger partial charge < -0.3 is 5.11 Å². The van der Waals surface area contributed by atoms with Crippen molar-refractivity contribution in [3.8, 4) is 0 Å². The van der Waals surface area contributed by atoms with Gasteiger partial charge in [0.2, 0.25) is 0 Å². The molecule has 0 unspecified atom stereocenters. The molecule has 0 heterocycles. The van der Waals surface area contributed by atoms with Crippen molar-refractivity contribution in [2.24, 2.45) is 0 Å². The van der Waals surface area contributed by atoms with E-state index in [-0.39, 0.29) is 12.1 Å². The Kier molecular flexibility index (Phi) is 5.02. The lowest BCUT2D eigenvalue weighted by atomic mass is 10.0. The van der Waals surface area contributed by atoms with Crippen LogP contribution in [0.2, 0.25) is 10.0 Å². The van der Waals surface area contributed by atoms with Crippen LogP contribution in [0.3, 0.4) is 0 Å². The third-order valence-electron chi connectivity index (χ3n) is 2.67. The molecular weight excluding hydrogens is 273 g/mol. The predicted octanol–water partition coefficient (Wildman–Crippen LogP) is 3.68. The average molecular weight is 290 g/mol. The fourth-order valence-corrected chi connectivity index (χ4v) is 1.95. The van der Waals surface area contributed by atoms with Crippen LogP contribution in [-0.2, 0) is 11.3 Å². The van der Waals surface area contributed by atoms with Crippen molar-refractivity contribution >= 4 is 29.2 Å². The number of rotatable bonds is 4. The molecule has 0 spiro atoms. The standard InChI is InChI=1S/C13H17Cl2NO2/c1-13(2,3)16(8-11(17)18)7-9-5-4-6-10(14)12(9)15/h4-6H,7-8H2,1-3H3,(H,17,18). The van der Waals surface area contributed by atoms with E-state index < -0.39 is 5.97 Å². The SMILES string of the molecule is CC(C)(C)N(CC(=O)O)Cc1cccc(Cl)c1Cl. The molecule has 5 heteroatoms. The van der Waals surface area contributed by atoms with Gasteiger partial charge in [0.15, 0.2) is 0 Å². The lowest BCUT2D eigenvalue weighted by Gasteiger charge is -2.34. The van der Waals surface area contributed by atoms with Gasteiger partial charge in [0.05, 0.1) is 16.6 Å². The van der Waals surface area contributed by atoms with Crippen LogP contribution < -0.4 is 0 Å². The zero-order valence-corrected chi connectivity index (χ0v) is 12.2. The Morgan fingerprint density at radius 3 is 2.44 bits per heavy atom. The molecule has 0 atom stereocenters. The fraction of sp³-hybridized carbons (Fsp3) is 0.462. The van der Waals surface area contributed by atoms with Crippen LogP contribution in [0.5, 0.6) is 0 Å². The van der Waals surface area contributed by atoms with Crippen LogP contribution in [0.25, 0.3) is 0 Å². The van der Waals surface area contributed by atoms with Gasteiger partial charge in [-0.1, -0.05) is 35.3 Å². The summed E-state index contributed by atoms with van der Waals surface area (Å²) in [7, 11) is 0. The number of carboxylic acids is 1. The van der Waals surface area contributed by atoms with Crippen molar-refractivity contribution in [2.45, 2.75) is 32.9 Å². The van der Waals surface area contributed by atoms with Crippen molar-refractivity contribution in [3.05, 3.63) is 33.8 Å². The molecule has 1 rings (SSSR count). The molecule has 0 aliphatic carbocycles. The lowest BCUT2D eigenvalue weighted by Crippen LogP contribution is -2.43. The minimum Gasteiger partial charge on any atom is -0.480 e. The first-order chi connectivity index (χ1) is 8.21. The van der Waals surface area contributed by atoms with Crippen LogP contribution >= 0.6 is 23.2 Å². The second-order valence-electron chi connectivity index (χ2n) is 5.13. The van der Waals surface area contributed by atoms with Gasteiger partial charge in [0.1, 0.15) is 0 Å². The number of nitrogens with zero attached hydrogens (tertiary/aromatic N) is 1. The maximum absolute atomic E-state index is 10.9. The van der Waals surface area contributed by atoms with Crippen LogP contribution in [0.15, 0.2) is 18.2 Å². The Labute approximate surface area is 117 Å². The zero-order valence-electron chi connectivity index (χ0n) is 10.7. The molecule has 0 saturated carbocycles. The number of aliphatic carboxylic acids is 1. The van der Waals surface area contributed by atoms with E-state index in [1.54, 1.807) is 6.07 Å². The molecule has 3 nitrogen and oxygen atoms in total. The summed E-state index contributed by atoms with van der Waals surface area (Å²) in [5, 5.41) is 9.92. The average Bonchev–Trinajstić information content (AvgIpc) is 2.21. The molecule has 0 aliphatic rings. The van der Waals surface area contributed by atoms with Gasteiger partial charge in [0, 0.05) is 12.1 Å². The van der Waals surface area contributed by atoms with Crippen LogP contribution in [0.4, 0.5) is 0 Å². The summed E-state index contributed by atoms with van der Waals surface area (Å²) in [5.41, 5.74) is 0.574. The Balaban J connectivity index is 2.96. The van der Waals surface area contributed by atoms with Gasteiger partial charge in [-0.15, -0.1) is 0 Å². The summed E-state index contributed by atoms with van der Waals surface area (Å²) in [5.74, 6) is -0.858. The first-order valence-corrected chi connectivity index (χ1v) is 6.37. The second kappa shape index (κ2) is 5.91. The highest BCUT2D eigenvalue weighted by Gasteiger charge is 2.24. The van der Waals surface area contributed by atoms with Crippen molar-refractivity contribution in [1.82, 2.24) is 4.90 Å². The monoisotopic (exact) mass is 289 g/mol. The van der Waals surface area contributed by atoms with Crippen molar-refractivity contribution in [1.29, 1.82) is 0 Å². The number of hydrogen-bond donors (Lipinski definition) is 1. The third-order valence-corrected chi connectivity index (χ3v) is 3.53. The highest BCUT2D eigenvalue weighted by molar-refractivity contribution is 6.42. The molecular formula is C13H17Cl2NO2. The largest absolute Gasteiger partial charge is 0.480 e. The normalized spacial score (nSPS) is 11.9. The lowest BCUT2D eigenvalue weighted by molar-refractivity contribution is -0.139. The third kappa shape index (κ3) is 4.16. The minimum absolute atomic E-state index is 0.0354. The summed E-state index contributed by atoms with van der Waals surface area (Å²) in [6.07, 6.45) is 0. The first-order valence-electron chi connectivity index (χ1n) is 5.61. The summed E-state index contributed by atoms with van der Waals surface area (Å²) in [6.45, 7) is 6.32. The first kappa shape index (κ1) is 15.3. The van der Waals surface area contributed by atoms with Gasteiger partial charge in [-0.05, 0) is 32.4 Å². The summed E-state index contributed by atoms with van der Waals surface area (Å²) < 4.78 is 0. The van der Waals surface area contributed by atoms with E-state index in [1.807, 2.05) is 37.8 Å². The van der Waals surface area contributed by atoms with Gasteiger partial charge in [-0.3, -0.25) is 9.69 Å². The van der Waals surface area contributed by atoms with Crippen LogP contribution in [-0.4, -0.2) is 28.1 Å². The van der Waals surface area contributed by atoms with Gasteiger partial charge in [-0.25, -0.2) is 0 Å². The Bertz CT molecular complexity index is 441. The molecule has 0 fully saturated rings. The maximum Gasteiger partial charge on any atom is 0.317 e. The molecule has 18 heavy (non-hydrogen) atoms. The Morgan fingerprint density at radius 2 is 1.94 bits per heavy atom. The van der Waals surface area contributed by atoms with E-state index in [2.05, 4.69) is 0 Å². The predicted molar refractivity (Wildman–Crippen MR) is 74.3 cm³/mol. The quantitative estimate of drug-likeness (QED) is 0.919. The molecule has 0 saturated heterocycles. The Hall–Kier alpha value is -0.770. The molecule has 0 amide bonds. The molecule has 0 radical (unpaired) electrons. The summed E-state index contributed by atoms with van der Waals surface area (Å²) >= 11 is 12.1. The molecule has 1 aromatic carbocycles. The topological polar surface area (TPSA) is 40.5 Å². The van der Waals surface area contributed by atoms with Crippen molar-refractivity contribution in [3.63, 3.8) is 0 Å². The smallest absolute Gasteiger partial charge is 0.317 e.